The Labute approximate surface area is 113 Å². The summed E-state index contributed by atoms with van der Waals surface area (Å²) in [5.74, 6) is 1.25. The number of rotatable bonds is 4. The number of nitro benzene ring substituents is 1. The van der Waals surface area contributed by atoms with E-state index < -0.39 is 4.92 Å². The lowest BCUT2D eigenvalue weighted by atomic mass is 9.89. The highest BCUT2D eigenvalue weighted by atomic mass is 16.6. The van der Waals surface area contributed by atoms with E-state index in [1.54, 1.807) is 12.1 Å². The number of hydrogen-bond donors (Lipinski definition) is 0. The van der Waals surface area contributed by atoms with Crippen LogP contribution >= 0.6 is 0 Å². The van der Waals surface area contributed by atoms with E-state index in [1.165, 1.54) is 25.0 Å². The van der Waals surface area contributed by atoms with Gasteiger partial charge < -0.3 is 4.74 Å². The molecule has 0 N–H and O–H groups in total. The van der Waals surface area contributed by atoms with E-state index in [1.807, 2.05) is 0 Å². The SMILES string of the molecule is C=Cc1ccc(OC2CCCC(C)C2)cc1[N+](=O)[O-]. The fraction of sp³-hybridized carbons (Fsp3) is 0.467. The number of nitrogens with zero attached hydrogens (tertiary/aromatic N) is 1. The minimum absolute atomic E-state index is 0.0522. The molecule has 0 aliphatic heterocycles. The first-order chi connectivity index (χ1) is 9.10. The highest BCUT2D eigenvalue weighted by molar-refractivity contribution is 5.61. The van der Waals surface area contributed by atoms with Gasteiger partial charge in [0, 0.05) is 0 Å². The van der Waals surface area contributed by atoms with Crippen molar-refractivity contribution in [2.75, 3.05) is 0 Å². The first-order valence-electron chi connectivity index (χ1n) is 6.67. The predicted octanol–water partition coefficient (Wildman–Crippen LogP) is 4.20. The number of ether oxygens (including phenoxy) is 1. The Balaban J connectivity index is 2.14. The third kappa shape index (κ3) is 3.34. The lowest BCUT2D eigenvalue weighted by Crippen LogP contribution is -2.24. The van der Waals surface area contributed by atoms with Gasteiger partial charge in [0.2, 0.25) is 0 Å². The van der Waals surface area contributed by atoms with Crippen molar-refractivity contribution in [3.8, 4) is 5.75 Å². The Bertz CT molecular complexity index is 484. The molecule has 1 saturated carbocycles. The molecule has 2 unspecified atom stereocenters. The molecule has 1 fully saturated rings. The maximum atomic E-state index is 11.0. The van der Waals surface area contributed by atoms with E-state index >= 15 is 0 Å². The fourth-order valence-electron chi connectivity index (χ4n) is 2.61. The summed E-state index contributed by atoms with van der Waals surface area (Å²) in [6.45, 7) is 5.81. The molecule has 0 saturated heterocycles. The van der Waals surface area contributed by atoms with Crippen molar-refractivity contribution >= 4 is 11.8 Å². The van der Waals surface area contributed by atoms with Gasteiger partial charge in [0.25, 0.3) is 5.69 Å². The van der Waals surface area contributed by atoms with Crippen molar-refractivity contribution in [2.45, 2.75) is 38.7 Å². The van der Waals surface area contributed by atoms with Crippen molar-refractivity contribution in [1.29, 1.82) is 0 Å². The Kier molecular flexibility index (Phi) is 4.20. The smallest absolute Gasteiger partial charge is 0.280 e. The monoisotopic (exact) mass is 261 g/mol. The van der Waals surface area contributed by atoms with Crippen molar-refractivity contribution in [3.63, 3.8) is 0 Å². The zero-order valence-corrected chi connectivity index (χ0v) is 11.2. The number of benzene rings is 1. The van der Waals surface area contributed by atoms with Crippen LogP contribution in [0.1, 0.15) is 38.2 Å². The molecule has 0 aromatic heterocycles. The summed E-state index contributed by atoms with van der Waals surface area (Å²) in [4.78, 5) is 10.6. The summed E-state index contributed by atoms with van der Waals surface area (Å²) in [5.41, 5.74) is 0.575. The predicted molar refractivity (Wildman–Crippen MR) is 75.2 cm³/mol. The Morgan fingerprint density at radius 1 is 1.47 bits per heavy atom. The zero-order valence-electron chi connectivity index (χ0n) is 11.2. The quantitative estimate of drug-likeness (QED) is 0.603. The standard InChI is InChI=1S/C15H19NO3/c1-3-12-7-8-14(10-15(12)16(17)18)19-13-6-4-5-11(2)9-13/h3,7-8,10-11,13H,1,4-6,9H2,2H3. The highest BCUT2D eigenvalue weighted by Gasteiger charge is 2.21. The summed E-state index contributed by atoms with van der Waals surface area (Å²) >= 11 is 0. The van der Waals surface area contributed by atoms with Crippen LogP contribution in [0.4, 0.5) is 5.69 Å². The molecule has 0 radical (unpaired) electrons. The van der Waals surface area contributed by atoms with E-state index in [2.05, 4.69) is 13.5 Å². The van der Waals surface area contributed by atoms with Gasteiger partial charge in [0.15, 0.2) is 0 Å². The Hall–Kier alpha value is -1.84. The first-order valence-corrected chi connectivity index (χ1v) is 6.67. The van der Waals surface area contributed by atoms with Crippen molar-refractivity contribution in [1.82, 2.24) is 0 Å². The second kappa shape index (κ2) is 5.87. The largest absolute Gasteiger partial charge is 0.490 e. The molecule has 1 aliphatic rings. The van der Waals surface area contributed by atoms with Crippen molar-refractivity contribution in [2.24, 2.45) is 5.92 Å². The molecule has 0 amide bonds. The summed E-state index contributed by atoms with van der Waals surface area (Å²) < 4.78 is 5.88. The summed E-state index contributed by atoms with van der Waals surface area (Å²) in [6.07, 6.45) is 6.13. The second-order valence-corrected chi connectivity index (χ2v) is 5.19. The number of nitro groups is 1. The van der Waals surface area contributed by atoms with Gasteiger partial charge >= 0.3 is 0 Å². The van der Waals surface area contributed by atoms with E-state index in [4.69, 9.17) is 4.74 Å². The maximum Gasteiger partial charge on any atom is 0.280 e. The van der Waals surface area contributed by atoms with Crippen molar-refractivity contribution in [3.05, 3.63) is 40.5 Å². The average molecular weight is 261 g/mol. The minimum Gasteiger partial charge on any atom is -0.490 e. The molecular weight excluding hydrogens is 242 g/mol. The van der Waals surface area contributed by atoms with Gasteiger partial charge in [-0.15, -0.1) is 0 Å². The molecule has 0 heterocycles. The Morgan fingerprint density at radius 3 is 2.89 bits per heavy atom. The van der Waals surface area contributed by atoms with E-state index in [0.29, 0.717) is 17.2 Å². The second-order valence-electron chi connectivity index (χ2n) is 5.19. The topological polar surface area (TPSA) is 52.4 Å². The van der Waals surface area contributed by atoms with Crippen LogP contribution in [0.15, 0.2) is 24.8 Å². The van der Waals surface area contributed by atoms with Crippen LogP contribution in [0.5, 0.6) is 5.75 Å². The molecule has 19 heavy (non-hydrogen) atoms. The Morgan fingerprint density at radius 2 is 2.26 bits per heavy atom. The molecule has 1 aliphatic carbocycles. The van der Waals surface area contributed by atoms with Crippen LogP contribution in [0, 0.1) is 16.0 Å². The van der Waals surface area contributed by atoms with Crippen LogP contribution < -0.4 is 4.74 Å². The van der Waals surface area contributed by atoms with Crippen LogP contribution in [0.3, 0.4) is 0 Å². The van der Waals surface area contributed by atoms with Gasteiger partial charge in [-0.05, 0) is 37.3 Å². The third-order valence-electron chi connectivity index (χ3n) is 3.61. The van der Waals surface area contributed by atoms with Gasteiger partial charge in [-0.25, -0.2) is 0 Å². The summed E-state index contributed by atoms with van der Waals surface area (Å²) in [7, 11) is 0. The van der Waals surface area contributed by atoms with Gasteiger partial charge in [-0.3, -0.25) is 10.1 Å². The van der Waals surface area contributed by atoms with E-state index in [0.717, 1.165) is 12.8 Å². The van der Waals surface area contributed by atoms with Gasteiger partial charge in [-0.2, -0.15) is 0 Å². The van der Waals surface area contributed by atoms with Crippen LogP contribution in [-0.2, 0) is 0 Å². The maximum absolute atomic E-state index is 11.0. The highest BCUT2D eigenvalue weighted by Crippen LogP contribution is 2.30. The third-order valence-corrected chi connectivity index (χ3v) is 3.61. The molecule has 1 aromatic rings. The summed E-state index contributed by atoms with van der Waals surface area (Å²) in [6, 6.07) is 4.96. The zero-order chi connectivity index (χ0) is 13.8. The molecule has 1 aromatic carbocycles. The lowest BCUT2D eigenvalue weighted by molar-refractivity contribution is -0.385. The van der Waals surface area contributed by atoms with Crippen LogP contribution in [-0.4, -0.2) is 11.0 Å². The molecule has 0 spiro atoms. The molecular formula is C15H19NO3. The van der Waals surface area contributed by atoms with E-state index in [-0.39, 0.29) is 11.8 Å². The van der Waals surface area contributed by atoms with Gasteiger partial charge in [0.1, 0.15) is 5.75 Å². The first kappa shape index (κ1) is 13.6. The van der Waals surface area contributed by atoms with Crippen LogP contribution in [0.25, 0.3) is 6.08 Å². The molecule has 102 valence electrons. The average Bonchev–Trinajstić information content (AvgIpc) is 2.38. The normalized spacial score (nSPS) is 22.8. The van der Waals surface area contributed by atoms with E-state index in [9.17, 15) is 10.1 Å². The van der Waals surface area contributed by atoms with Gasteiger partial charge in [0.05, 0.1) is 22.7 Å². The lowest BCUT2D eigenvalue weighted by Gasteiger charge is -2.27. The number of hydrogen-bond acceptors (Lipinski definition) is 3. The minimum atomic E-state index is -0.395. The molecule has 2 rings (SSSR count). The van der Waals surface area contributed by atoms with Crippen molar-refractivity contribution < 1.29 is 9.66 Å². The molecule has 0 bridgehead atoms. The molecule has 2 atom stereocenters. The summed E-state index contributed by atoms with van der Waals surface area (Å²) in [5, 5.41) is 11.0. The fourth-order valence-corrected chi connectivity index (χ4v) is 2.61. The van der Waals surface area contributed by atoms with Crippen LogP contribution in [0.2, 0.25) is 0 Å². The van der Waals surface area contributed by atoms with Gasteiger partial charge in [-0.1, -0.05) is 26.0 Å². The molecule has 4 nitrogen and oxygen atoms in total. The molecule has 4 heteroatoms.